The monoisotopic (exact) mass is 417 g/mol. The van der Waals surface area contributed by atoms with Gasteiger partial charge in [0.2, 0.25) is 0 Å². The summed E-state index contributed by atoms with van der Waals surface area (Å²) in [4.78, 5) is 33.8. The van der Waals surface area contributed by atoms with Crippen LogP contribution in [0, 0.1) is 5.82 Å². The molecule has 1 N–H and O–H groups in total. The first kappa shape index (κ1) is 19.4. The van der Waals surface area contributed by atoms with E-state index in [1.165, 1.54) is 18.2 Å². The number of rotatable bonds is 3. The first-order valence-electron chi connectivity index (χ1n) is 10.1. The second kappa shape index (κ2) is 7.59. The fraction of sp³-hybridized carbons (Fsp3) is 0.208. The summed E-state index contributed by atoms with van der Waals surface area (Å²) < 4.78 is 13.7. The Bertz CT molecular complexity index is 1150. The van der Waals surface area contributed by atoms with Crippen LogP contribution in [0.5, 0.6) is 0 Å². The summed E-state index contributed by atoms with van der Waals surface area (Å²) in [6.07, 6.45) is 1.55. The number of carbonyl (C=O) groups excluding carboxylic acids is 2. The zero-order chi connectivity index (χ0) is 21.5. The highest BCUT2D eigenvalue weighted by Gasteiger charge is 2.55. The standard InChI is InChI=1S/C24H20FN3O3/c25-16-7-5-6-15(12-16)23(30)27-13-20-22(17-8-1-2-10-19(17)27)21(14-29)28(20)24(31)18-9-3-4-11-26-18/h1-12,20-22,29H,13-14H2/t20-,21+,22+/m1/s1. The number of aliphatic hydroxyl groups excluding tert-OH is 1. The normalized spacial score (nSPS) is 21.7. The average Bonchev–Trinajstić information content (AvgIpc) is 2.79. The third-order valence-electron chi connectivity index (χ3n) is 6.12. The summed E-state index contributed by atoms with van der Waals surface area (Å²) in [5, 5.41) is 10.1. The molecule has 7 heteroatoms. The molecule has 3 aromatic rings. The predicted molar refractivity (Wildman–Crippen MR) is 112 cm³/mol. The number of nitrogens with zero attached hydrogens (tertiary/aromatic N) is 3. The molecule has 1 saturated heterocycles. The Hall–Kier alpha value is -3.58. The van der Waals surface area contributed by atoms with E-state index in [1.54, 1.807) is 40.3 Å². The number of amides is 2. The molecule has 2 aliphatic rings. The molecule has 0 unspecified atom stereocenters. The zero-order valence-electron chi connectivity index (χ0n) is 16.6. The summed E-state index contributed by atoms with van der Waals surface area (Å²) in [7, 11) is 0. The van der Waals surface area contributed by atoms with E-state index in [1.807, 2.05) is 24.3 Å². The highest BCUT2D eigenvalue weighted by molar-refractivity contribution is 6.07. The van der Waals surface area contributed by atoms with Crippen molar-refractivity contribution in [2.45, 2.75) is 18.0 Å². The summed E-state index contributed by atoms with van der Waals surface area (Å²) in [5.41, 5.74) is 2.16. The SMILES string of the molecule is O=C(c1cccc(F)c1)N1C[C@@H]2[C@H](c3ccccc31)[C@H](CO)N2C(=O)c1ccccn1. The molecule has 0 bridgehead atoms. The lowest BCUT2D eigenvalue weighted by Crippen LogP contribution is -2.70. The minimum absolute atomic E-state index is 0.0922. The van der Waals surface area contributed by atoms with E-state index in [0.29, 0.717) is 5.69 Å². The van der Waals surface area contributed by atoms with Gasteiger partial charge in [-0.2, -0.15) is 0 Å². The molecule has 0 spiro atoms. The van der Waals surface area contributed by atoms with Crippen LogP contribution in [-0.4, -0.2) is 52.0 Å². The van der Waals surface area contributed by atoms with E-state index in [2.05, 4.69) is 4.98 Å². The highest BCUT2D eigenvalue weighted by Crippen LogP contribution is 2.48. The molecule has 1 fully saturated rings. The van der Waals surface area contributed by atoms with Crippen molar-refractivity contribution in [3.8, 4) is 0 Å². The van der Waals surface area contributed by atoms with Gasteiger partial charge in [-0.05, 0) is 42.0 Å². The molecular formula is C24H20FN3O3. The Morgan fingerprint density at radius 3 is 2.58 bits per heavy atom. The van der Waals surface area contributed by atoms with Gasteiger partial charge in [-0.1, -0.05) is 30.3 Å². The number of anilines is 1. The maximum Gasteiger partial charge on any atom is 0.273 e. The highest BCUT2D eigenvalue weighted by atomic mass is 19.1. The van der Waals surface area contributed by atoms with Gasteiger partial charge in [-0.25, -0.2) is 4.39 Å². The van der Waals surface area contributed by atoms with E-state index in [-0.39, 0.29) is 42.5 Å². The van der Waals surface area contributed by atoms with Crippen molar-refractivity contribution in [3.63, 3.8) is 0 Å². The molecule has 1 aromatic heterocycles. The van der Waals surface area contributed by atoms with Crippen molar-refractivity contribution >= 4 is 17.5 Å². The maximum absolute atomic E-state index is 13.7. The number of aromatic nitrogens is 1. The third kappa shape index (κ3) is 3.09. The van der Waals surface area contributed by atoms with E-state index < -0.39 is 11.9 Å². The second-order valence-corrected chi connectivity index (χ2v) is 7.76. The van der Waals surface area contributed by atoms with Crippen molar-refractivity contribution in [1.29, 1.82) is 0 Å². The molecule has 3 atom stereocenters. The predicted octanol–water partition coefficient (Wildman–Crippen LogP) is 2.85. The number of para-hydroxylation sites is 1. The minimum atomic E-state index is -0.482. The quantitative estimate of drug-likeness (QED) is 0.711. The Labute approximate surface area is 178 Å². The lowest BCUT2D eigenvalue weighted by atomic mass is 9.71. The number of pyridine rings is 1. The topological polar surface area (TPSA) is 73.7 Å². The summed E-state index contributed by atoms with van der Waals surface area (Å²) >= 11 is 0. The molecule has 0 radical (unpaired) electrons. The molecule has 5 rings (SSSR count). The molecule has 0 saturated carbocycles. The van der Waals surface area contributed by atoms with Crippen molar-refractivity contribution in [2.75, 3.05) is 18.1 Å². The average molecular weight is 417 g/mol. The Balaban J connectivity index is 1.54. The number of fused-ring (bicyclic) bond motifs is 3. The van der Waals surface area contributed by atoms with Gasteiger partial charge >= 0.3 is 0 Å². The van der Waals surface area contributed by atoms with E-state index in [0.717, 1.165) is 11.3 Å². The first-order chi connectivity index (χ1) is 15.1. The lowest BCUT2D eigenvalue weighted by molar-refractivity contribution is -0.0250. The van der Waals surface area contributed by atoms with Crippen LogP contribution in [0.2, 0.25) is 0 Å². The summed E-state index contributed by atoms with van der Waals surface area (Å²) in [6.45, 7) is 0.0675. The molecule has 2 amide bonds. The molecule has 6 nitrogen and oxygen atoms in total. The summed E-state index contributed by atoms with van der Waals surface area (Å²) in [5.74, 6) is -1.18. The van der Waals surface area contributed by atoms with E-state index in [4.69, 9.17) is 0 Å². The van der Waals surface area contributed by atoms with Crippen molar-refractivity contribution in [3.05, 3.63) is 95.6 Å². The Morgan fingerprint density at radius 2 is 1.84 bits per heavy atom. The molecule has 2 aliphatic heterocycles. The fourth-order valence-electron chi connectivity index (χ4n) is 4.76. The number of likely N-dealkylation sites (tertiary alicyclic amines) is 1. The number of benzene rings is 2. The van der Waals surface area contributed by atoms with Gasteiger partial charge in [0, 0.05) is 29.9 Å². The van der Waals surface area contributed by atoms with Crippen LogP contribution in [0.1, 0.15) is 32.3 Å². The van der Waals surface area contributed by atoms with Gasteiger partial charge in [-0.15, -0.1) is 0 Å². The van der Waals surface area contributed by atoms with E-state index in [9.17, 15) is 19.1 Å². The van der Waals surface area contributed by atoms with Crippen LogP contribution < -0.4 is 4.90 Å². The van der Waals surface area contributed by atoms with Crippen molar-refractivity contribution < 1.29 is 19.1 Å². The van der Waals surface area contributed by atoms with Gasteiger partial charge in [0.15, 0.2) is 0 Å². The largest absolute Gasteiger partial charge is 0.394 e. The van der Waals surface area contributed by atoms with Crippen LogP contribution >= 0.6 is 0 Å². The molecule has 31 heavy (non-hydrogen) atoms. The molecule has 0 aliphatic carbocycles. The number of halogens is 1. The number of aliphatic hydroxyl groups is 1. The lowest BCUT2D eigenvalue weighted by Gasteiger charge is -2.58. The molecular weight excluding hydrogens is 397 g/mol. The van der Waals surface area contributed by atoms with Crippen LogP contribution in [0.25, 0.3) is 0 Å². The van der Waals surface area contributed by atoms with Crippen LogP contribution in [0.3, 0.4) is 0 Å². The van der Waals surface area contributed by atoms with Gasteiger partial charge in [0.1, 0.15) is 11.5 Å². The maximum atomic E-state index is 13.7. The van der Waals surface area contributed by atoms with Gasteiger partial charge in [0.05, 0.1) is 18.7 Å². The van der Waals surface area contributed by atoms with Crippen molar-refractivity contribution in [1.82, 2.24) is 9.88 Å². The third-order valence-corrected chi connectivity index (χ3v) is 6.12. The van der Waals surface area contributed by atoms with Gasteiger partial charge in [0.25, 0.3) is 11.8 Å². The van der Waals surface area contributed by atoms with Crippen LogP contribution in [0.15, 0.2) is 72.9 Å². The zero-order valence-corrected chi connectivity index (χ0v) is 16.6. The smallest absolute Gasteiger partial charge is 0.273 e. The van der Waals surface area contributed by atoms with Gasteiger partial charge in [-0.3, -0.25) is 14.6 Å². The fourth-order valence-corrected chi connectivity index (χ4v) is 4.76. The van der Waals surface area contributed by atoms with Crippen LogP contribution in [-0.2, 0) is 0 Å². The Morgan fingerprint density at radius 1 is 1.03 bits per heavy atom. The molecule has 2 aromatic carbocycles. The van der Waals surface area contributed by atoms with Gasteiger partial charge < -0.3 is 14.9 Å². The number of hydrogen-bond donors (Lipinski definition) is 1. The van der Waals surface area contributed by atoms with Crippen molar-refractivity contribution in [2.24, 2.45) is 0 Å². The van der Waals surface area contributed by atoms with E-state index >= 15 is 0 Å². The molecule has 156 valence electrons. The summed E-state index contributed by atoms with van der Waals surface area (Å²) in [6, 6.07) is 17.5. The number of hydrogen-bond acceptors (Lipinski definition) is 4. The minimum Gasteiger partial charge on any atom is -0.394 e. The first-order valence-corrected chi connectivity index (χ1v) is 10.1. The second-order valence-electron chi connectivity index (χ2n) is 7.76. The van der Waals surface area contributed by atoms with Crippen LogP contribution in [0.4, 0.5) is 10.1 Å². The number of carbonyl (C=O) groups is 2. The molecule has 3 heterocycles. The Kier molecular flexibility index (Phi) is 4.75.